The van der Waals surface area contributed by atoms with Crippen LogP contribution in [0.2, 0.25) is 0 Å². The highest BCUT2D eigenvalue weighted by atomic mass is 16.3. The summed E-state index contributed by atoms with van der Waals surface area (Å²) in [6.07, 6.45) is 5.10. The van der Waals surface area contributed by atoms with Crippen LogP contribution in [-0.4, -0.2) is 17.7 Å². The number of aromatic hydroxyl groups is 1. The van der Waals surface area contributed by atoms with Crippen LogP contribution in [0.3, 0.4) is 0 Å². The molecule has 0 radical (unpaired) electrons. The van der Waals surface area contributed by atoms with E-state index in [1.54, 1.807) is 12.1 Å². The first-order valence-electron chi connectivity index (χ1n) is 5.84. The zero-order chi connectivity index (χ0) is 11.8. The standard InChI is InChI=1S/C14H21NO/c1-3-4-11-15-12(2)5-6-13-7-9-14(16)10-8-13/h3,7-10,12,15-16H,1,4-6,11H2,2H3. The fourth-order valence-corrected chi connectivity index (χ4v) is 1.58. The Bertz CT molecular complexity index is 305. The van der Waals surface area contributed by atoms with Crippen LogP contribution in [0.1, 0.15) is 25.3 Å². The largest absolute Gasteiger partial charge is 0.508 e. The summed E-state index contributed by atoms with van der Waals surface area (Å²) in [6.45, 7) is 6.89. The predicted molar refractivity (Wildman–Crippen MR) is 68.7 cm³/mol. The lowest BCUT2D eigenvalue weighted by Gasteiger charge is -2.12. The van der Waals surface area contributed by atoms with E-state index in [4.69, 9.17) is 5.11 Å². The van der Waals surface area contributed by atoms with E-state index in [2.05, 4.69) is 18.8 Å². The Morgan fingerprint density at radius 3 is 2.69 bits per heavy atom. The molecule has 16 heavy (non-hydrogen) atoms. The van der Waals surface area contributed by atoms with Crippen molar-refractivity contribution >= 4 is 0 Å². The van der Waals surface area contributed by atoms with Gasteiger partial charge in [-0.1, -0.05) is 18.2 Å². The third kappa shape index (κ3) is 4.99. The number of rotatable bonds is 7. The molecule has 0 saturated carbocycles. The monoisotopic (exact) mass is 219 g/mol. The highest BCUT2D eigenvalue weighted by Crippen LogP contribution is 2.11. The molecule has 2 N–H and O–H groups in total. The normalized spacial score (nSPS) is 12.3. The molecule has 0 fully saturated rings. The van der Waals surface area contributed by atoms with Gasteiger partial charge in [0.25, 0.3) is 0 Å². The van der Waals surface area contributed by atoms with Crippen molar-refractivity contribution in [2.24, 2.45) is 0 Å². The molecule has 1 aromatic rings. The van der Waals surface area contributed by atoms with Crippen LogP contribution in [0.15, 0.2) is 36.9 Å². The van der Waals surface area contributed by atoms with E-state index in [-0.39, 0.29) is 0 Å². The van der Waals surface area contributed by atoms with Crippen LogP contribution in [0.25, 0.3) is 0 Å². The first-order valence-corrected chi connectivity index (χ1v) is 5.84. The molecule has 0 bridgehead atoms. The van der Waals surface area contributed by atoms with Crippen LogP contribution in [0.4, 0.5) is 0 Å². The highest BCUT2D eigenvalue weighted by molar-refractivity contribution is 5.25. The summed E-state index contributed by atoms with van der Waals surface area (Å²) in [4.78, 5) is 0. The van der Waals surface area contributed by atoms with Gasteiger partial charge in [-0.3, -0.25) is 0 Å². The van der Waals surface area contributed by atoms with E-state index < -0.39 is 0 Å². The number of phenolic OH excluding ortho intramolecular Hbond substituents is 1. The van der Waals surface area contributed by atoms with E-state index in [0.29, 0.717) is 11.8 Å². The van der Waals surface area contributed by atoms with Crippen molar-refractivity contribution in [2.75, 3.05) is 6.54 Å². The minimum absolute atomic E-state index is 0.334. The molecule has 88 valence electrons. The van der Waals surface area contributed by atoms with Crippen molar-refractivity contribution in [1.29, 1.82) is 0 Å². The topological polar surface area (TPSA) is 32.3 Å². The summed E-state index contributed by atoms with van der Waals surface area (Å²) in [5.74, 6) is 0.334. The quantitative estimate of drug-likeness (QED) is 0.546. The average Bonchev–Trinajstić information content (AvgIpc) is 2.29. The predicted octanol–water partition coefficient (Wildman–Crippen LogP) is 2.88. The molecule has 0 aliphatic carbocycles. The van der Waals surface area contributed by atoms with E-state index >= 15 is 0 Å². The van der Waals surface area contributed by atoms with Crippen LogP contribution in [0, 0.1) is 0 Å². The number of benzene rings is 1. The molecule has 2 heteroatoms. The second-order valence-corrected chi connectivity index (χ2v) is 4.14. The third-order valence-electron chi connectivity index (χ3n) is 2.64. The molecular formula is C14H21NO. The van der Waals surface area contributed by atoms with Crippen molar-refractivity contribution in [2.45, 2.75) is 32.2 Å². The summed E-state index contributed by atoms with van der Waals surface area (Å²) in [6, 6.07) is 7.96. The molecule has 1 unspecified atom stereocenters. The summed E-state index contributed by atoms with van der Waals surface area (Å²) in [5.41, 5.74) is 1.27. The molecule has 0 heterocycles. The fraction of sp³-hybridized carbons (Fsp3) is 0.429. The zero-order valence-electron chi connectivity index (χ0n) is 9.95. The van der Waals surface area contributed by atoms with Crippen molar-refractivity contribution in [3.05, 3.63) is 42.5 Å². The Morgan fingerprint density at radius 2 is 2.06 bits per heavy atom. The van der Waals surface area contributed by atoms with Crippen LogP contribution in [0.5, 0.6) is 5.75 Å². The second-order valence-electron chi connectivity index (χ2n) is 4.14. The van der Waals surface area contributed by atoms with Gasteiger partial charge < -0.3 is 10.4 Å². The lowest BCUT2D eigenvalue weighted by atomic mass is 10.1. The van der Waals surface area contributed by atoms with Crippen molar-refractivity contribution in [1.82, 2.24) is 5.32 Å². The number of hydrogen-bond donors (Lipinski definition) is 2. The highest BCUT2D eigenvalue weighted by Gasteiger charge is 2.01. The van der Waals surface area contributed by atoms with Crippen LogP contribution in [-0.2, 0) is 6.42 Å². The molecule has 2 nitrogen and oxygen atoms in total. The van der Waals surface area contributed by atoms with Crippen molar-refractivity contribution in [3.8, 4) is 5.75 Å². The van der Waals surface area contributed by atoms with E-state index in [1.807, 2.05) is 18.2 Å². The molecule has 0 aliphatic heterocycles. The zero-order valence-corrected chi connectivity index (χ0v) is 9.95. The molecule has 0 amide bonds. The SMILES string of the molecule is C=CCCNC(C)CCc1ccc(O)cc1. The van der Waals surface area contributed by atoms with Gasteiger partial charge in [0.2, 0.25) is 0 Å². The molecule has 1 rings (SSSR count). The Balaban J connectivity index is 2.23. The maximum atomic E-state index is 9.16. The molecule has 0 aromatic heterocycles. The number of aryl methyl sites for hydroxylation is 1. The van der Waals surface area contributed by atoms with E-state index in [1.165, 1.54) is 5.56 Å². The van der Waals surface area contributed by atoms with Gasteiger partial charge in [0.15, 0.2) is 0 Å². The van der Waals surface area contributed by atoms with E-state index in [0.717, 1.165) is 25.8 Å². The van der Waals surface area contributed by atoms with Gasteiger partial charge in [-0.15, -0.1) is 6.58 Å². The van der Waals surface area contributed by atoms with Crippen LogP contribution < -0.4 is 5.32 Å². The number of nitrogens with one attached hydrogen (secondary N) is 1. The maximum absolute atomic E-state index is 9.16. The minimum atomic E-state index is 0.334. The smallest absolute Gasteiger partial charge is 0.115 e. The Labute approximate surface area is 98.0 Å². The molecule has 1 atom stereocenters. The lowest BCUT2D eigenvalue weighted by Crippen LogP contribution is -2.27. The average molecular weight is 219 g/mol. The molecule has 1 aromatic carbocycles. The Morgan fingerprint density at radius 1 is 1.38 bits per heavy atom. The van der Waals surface area contributed by atoms with Crippen molar-refractivity contribution < 1.29 is 5.11 Å². The second kappa shape index (κ2) is 7.07. The van der Waals surface area contributed by atoms with Gasteiger partial charge >= 0.3 is 0 Å². The fourth-order valence-electron chi connectivity index (χ4n) is 1.58. The summed E-state index contributed by atoms with van der Waals surface area (Å²) in [5, 5.41) is 12.6. The van der Waals surface area contributed by atoms with Gasteiger partial charge in [-0.25, -0.2) is 0 Å². The minimum Gasteiger partial charge on any atom is -0.508 e. The summed E-state index contributed by atoms with van der Waals surface area (Å²) >= 11 is 0. The molecular weight excluding hydrogens is 198 g/mol. The Kier molecular flexibility index (Phi) is 5.65. The summed E-state index contributed by atoms with van der Waals surface area (Å²) in [7, 11) is 0. The van der Waals surface area contributed by atoms with Crippen LogP contribution >= 0.6 is 0 Å². The van der Waals surface area contributed by atoms with Gasteiger partial charge in [0.05, 0.1) is 0 Å². The molecule has 0 aliphatic rings. The number of hydrogen-bond acceptors (Lipinski definition) is 2. The van der Waals surface area contributed by atoms with Gasteiger partial charge in [0, 0.05) is 6.04 Å². The van der Waals surface area contributed by atoms with Gasteiger partial charge in [0.1, 0.15) is 5.75 Å². The maximum Gasteiger partial charge on any atom is 0.115 e. The molecule has 0 spiro atoms. The first-order chi connectivity index (χ1) is 7.72. The Hall–Kier alpha value is -1.28. The number of phenols is 1. The third-order valence-corrected chi connectivity index (χ3v) is 2.64. The van der Waals surface area contributed by atoms with E-state index in [9.17, 15) is 0 Å². The van der Waals surface area contributed by atoms with Crippen molar-refractivity contribution in [3.63, 3.8) is 0 Å². The first kappa shape index (κ1) is 12.8. The van der Waals surface area contributed by atoms with Gasteiger partial charge in [-0.2, -0.15) is 0 Å². The lowest BCUT2D eigenvalue weighted by molar-refractivity contribution is 0.474. The summed E-state index contributed by atoms with van der Waals surface area (Å²) < 4.78 is 0. The van der Waals surface area contributed by atoms with Gasteiger partial charge in [-0.05, 0) is 50.4 Å². The molecule has 0 saturated heterocycles.